The average molecular weight is 253 g/mol. The van der Waals surface area contributed by atoms with Gasteiger partial charge in [0.05, 0.1) is 0 Å². The quantitative estimate of drug-likeness (QED) is 0.724. The minimum absolute atomic E-state index is 0.205. The molecule has 4 nitrogen and oxygen atoms in total. The summed E-state index contributed by atoms with van der Waals surface area (Å²) in [5.74, 6) is 0.487. The molecule has 0 aromatic rings. The maximum absolute atomic E-state index is 11.7. The van der Waals surface area contributed by atoms with Crippen LogP contribution in [0.4, 0.5) is 4.79 Å². The second-order valence-corrected chi connectivity index (χ2v) is 6.13. The summed E-state index contributed by atoms with van der Waals surface area (Å²) < 4.78 is 5.25. The Balaban J connectivity index is 2.26. The lowest BCUT2D eigenvalue weighted by Crippen LogP contribution is -2.52. The first-order valence-electron chi connectivity index (χ1n) is 6.31. The van der Waals surface area contributed by atoms with Crippen LogP contribution in [0.15, 0.2) is 12.2 Å². The number of allylic oxidation sites excluding steroid dienone is 1. The fraction of sp³-hybridized carbons (Fsp3) is 0.714. The van der Waals surface area contributed by atoms with Crippen LogP contribution in [0, 0.1) is 5.92 Å². The molecule has 18 heavy (non-hydrogen) atoms. The van der Waals surface area contributed by atoms with Gasteiger partial charge in [-0.05, 0) is 27.7 Å². The van der Waals surface area contributed by atoms with Gasteiger partial charge in [0, 0.05) is 31.8 Å². The minimum atomic E-state index is -0.460. The average Bonchev–Trinajstić information content (AvgIpc) is 2.05. The summed E-state index contributed by atoms with van der Waals surface area (Å²) in [5.41, 5.74) is 0.432. The molecule has 0 saturated carbocycles. The van der Waals surface area contributed by atoms with Crippen molar-refractivity contribution in [2.45, 2.75) is 46.1 Å². The van der Waals surface area contributed by atoms with Gasteiger partial charge in [-0.2, -0.15) is 0 Å². The molecule has 0 aromatic carbocycles. The number of hydrogen-bond acceptors (Lipinski definition) is 3. The second kappa shape index (κ2) is 5.55. The van der Waals surface area contributed by atoms with Crippen LogP contribution in [0.2, 0.25) is 0 Å². The van der Waals surface area contributed by atoms with E-state index in [0.717, 1.165) is 5.57 Å². The summed E-state index contributed by atoms with van der Waals surface area (Å²) >= 11 is 0. The molecule has 1 aliphatic heterocycles. The summed E-state index contributed by atoms with van der Waals surface area (Å²) in [7, 11) is 0. The zero-order valence-electron chi connectivity index (χ0n) is 11.8. The molecule has 1 fully saturated rings. The number of likely N-dealkylation sites (tertiary alicyclic amines) is 1. The van der Waals surface area contributed by atoms with E-state index in [0.29, 0.717) is 25.9 Å². The molecule has 1 rings (SSSR count). The summed E-state index contributed by atoms with van der Waals surface area (Å²) in [6, 6.07) is 0. The molecule has 0 aliphatic carbocycles. The van der Waals surface area contributed by atoms with Crippen molar-refractivity contribution in [1.29, 1.82) is 0 Å². The maximum atomic E-state index is 11.7. The molecule has 102 valence electrons. The number of carbonyl (C=O) groups is 2. The van der Waals surface area contributed by atoms with Gasteiger partial charge in [0.25, 0.3) is 0 Å². The third-order valence-electron chi connectivity index (χ3n) is 2.62. The third-order valence-corrected chi connectivity index (χ3v) is 2.62. The molecule has 1 aliphatic rings. The number of nitrogens with zero attached hydrogens (tertiary/aromatic N) is 1. The van der Waals surface area contributed by atoms with E-state index < -0.39 is 5.60 Å². The van der Waals surface area contributed by atoms with Crippen LogP contribution in [0.1, 0.15) is 40.5 Å². The fourth-order valence-electron chi connectivity index (χ4n) is 1.91. The van der Waals surface area contributed by atoms with Crippen LogP contribution < -0.4 is 0 Å². The Bertz CT molecular complexity index is 349. The molecular weight excluding hydrogens is 230 g/mol. The van der Waals surface area contributed by atoms with Crippen molar-refractivity contribution in [3.8, 4) is 0 Å². The van der Waals surface area contributed by atoms with E-state index in [1.807, 2.05) is 27.7 Å². The molecule has 4 heteroatoms. The number of rotatable bonds is 4. The van der Waals surface area contributed by atoms with Gasteiger partial charge in [-0.25, -0.2) is 4.79 Å². The number of hydrogen-bond donors (Lipinski definition) is 0. The summed E-state index contributed by atoms with van der Waals surface area (Å²) in [4.78, 5) is 24.9. The Morgan fingerprint density at radius 3 is 2.33 bits per heavy atom. The van der Waals surface area contributed by atoms with E-state index in [2.05, 4.69) is 6.58 Å². The lowest BCUT2D eigenvalue weighted by Gasteiger charge is -2.39. The first-order chi connectivity index (χ1) is 8.17. The fourth-order valence-corrected chi connectivity index (χ4v) is 1.91. The van der Waals surface area contributed by atoms with Gasteiger partial charge < -0.3 is 9.64 Å². The molecule has 1 amide bonds. The SMILES string of the molecule is C=C(C)CC(=O)CC1CN(C(=O)OC(C)(C)C)C1. The van der Waals surface area contributed by atoms with E-state index in [1.165, 1.54) is 0 Å². The molecule has 0 N–H and O–H groups in total. The largest absolute Gasteiger partial charge is 0.444 e. The predicted octanol–water partition coefficient (Wildman–Crippen LogP) is 2.78. The Morgan fingerprint density at radius 1 is 1.33 bits per heavy atom. The standard InChI is InChI=1S/C14H23NO3/c1-10(2)6-12(16)7-11-8-15(9-11)13(17)18-14(3,4)5/h11H,1,6-9H2,2-5H3. The van der Waals surface area contributed by atoms with E-state index in [9.17, 15) is 9.59 Å². The Morgan fingerprint density at radius 2 is 1.89 bits per heavy atom. The van der Waals surface area contributed by atoms with Crippen molar-refractivity contribution >= 4 is 11.9 Å². The molecule has 0 unspecified atom stereocenters. The molecule has 1 heterocycles. The molecule has 0 aromatic heterocycles. The molecule has 1 saturated heterocycles. The number of carbonyl (C=O) groups excluding carboxylic acids is 2. The summed E-state index contributed by atoms with van der Waals surface area (Å²) in [6.07, 6.45) is 0.695. The van der Waals surface area contributed by atoms with Crippen LogP contribution in [-0.4, -0.2) is 35.5 Å². The molecule has 0 bridgehead atoms. The lowest BCUT2D eigenvalue weighted by molar-refractivity contribution is -0.120. The Hall–Kier alpha value is -1.32. The Labute approximate surface area is 109 Å². The normalized spacial score (nSPS) is 16.1. The second-order valence-electron chi connectivity index (χ2n) is 6.13. The van der Waals surface area contributed by atoms with Gasteiger partial charge in [0.15, 0.2) is 0 Å². The topological polar surface area (TPSA) is 46.6 Å². The van der Waals surface area contributed by atoms with Crippen molar-refractivity contribution in [2.24, 2.45) is 5.92 Å². The summed E-state index contributed by atoms with van der Waals surface area (Å²) in [6.45, 7) is 12.4. The zero-order chi connectivity index (χ0) is 13.9. The van der Waals surface area contributed by atoms with Gasteiger partial charge in [-0.1, -0.05) is 12.2 Å². The Kier molecular flexibility index (Phi) is 4.54. The van der Waals surface area contributed by atoms with Gasteiger partial charge in [-0.3, -0.25) is 4.79 Å². The van der Waals surface area contributed by atoms with Crippen molar-refractivity contribution in [2.75, 3.05) is 13.1 Å². The lowest BCUT2D eigenvalue weighted by atomic mass is 9.93. The highest BCUT2D eigenvalue weighted by Gasteiger charge is 2.34. The predicted molar refractivity (Wildman–Crippen MR) is 70.4 cm³/mol. The summed E-state index contributed by atoms with van der Waals surface area (Å²) in [5, 5.41) is 0. The molecule has 0 atom stereocenters. The van der Waals surface area contributed by atoms with Crippen LogP contribution in [-0.2, 0) is 9.53 Å². The van der Waals surface area contributed by atoms with Crippen molar-refractivity contribution in [1.82, 2.24) is 4.90 Å². The van der Waals surface area contributed by atoms with Crippen LogP contribution in [0.25, 0.3) is 0 Å². The van der Waals surface area contributed by atoms with Crippen molar-refractivity contribution in [3.05, 3.63) is 12.2 Å². The van der Waals surface area contributed by atoms with Gasteiger partial charge in [0.1, 0.15) is 11.4 Å². The highest BCUT2D eigenvalue weighted by molar-refractivity contribution is 5.81. The highest BCUT2D eigenvalue weighted by Crippen LogP contribution is 2.23. The highest BCUT2D eigenvalue weighted by atomic mass is 16.6. The van der Waals surface area contributed by atoms with Crippen LogP contribution in [0.3, 0.4) is 0 Å². The first kappa shape index (κ1) is 14.7. The number of ether oxygens (including phenoxy) is 1. The maximum Gasteiger partial charge on any atom is 0.410 e. The third kappa shape index (κ3) is 4.90. The number of Topliss-reactive ketones (excluding diaryl/α,β-unsaturated/α-hetero) is 1. The molecule has 0 radical (unpaired) electrons. The zero-order valence-corrected chi connectivity index (χ0v) is 11.8. The van der Waals surface area contributed by atoms with Crippen LogP contribution in [0.5, 0.6) is 0 Å². The van der Waals surface area contributed by atoms with E-state index >= 15 is 0 Å². The van der Waals surface area contributed by atoms with E-state index in [1.54, 1.807) is 4.90 Å². The van der Waals surface area contributed by atoms with Gasteiger partial charge in [-0.15, -0.1) is 0 Å². The van der Waals surface area contributed by atoms with Crippen molar-refractivity contribution in [3.63, 3.8) is 0 Å². The monoisotopic (exact) mass is 253 g/mol. The van der Waals surface area contributed by atoms with Gasteiger partial charge in [0.2, 0.25) is 0 Å². The molecular formula is C14H23NO3. The molecule has 0 spiro atoms. The van der Waals surface area contributed by atoms with E-state index in [-0.39, 0.29) is 17.8 Å². The van der Waals surface area contributed by atoms with Crippen LogP contribution >= 0.6 is 0 Å². The number of amides is 1. The first-order valence-corrected chi connectivity index (χ1v) is 6.31. The number of ketones is 1. The van der Waals surface area contributed by atoms with Gasteiger partial charge >= 0.3 is 6.09 Å². The minimum Gasteiger partial charge on any atom is -0.444 e. The van der Waals surface area contributed by atoms with E-state index in [4.69, 9.17) is 4.74 Å². The smallest absolute Gasteiger partial charge is 0.410 e. The van der Waals surface area contributed by atoms with Crippen molar-refractivity contribution < 1.29 is 14.3 Å².